The number of rotatable bonds is 7. The Bertz CT molecular complexity index is 1180. The molecule has 0 spiro atoms. The van der Waals surface area contributed by atoms with Crippen LogP contribution in [0, 0.1) is 6.92 Å². The molecule has 0 saturated heterocycles. The Morgan fingerprint density at radius 2 is 1.74 bits per heavy atom. The highest BCUT2D eigenvalue weighted by Crippen LogP contribution is 2.25. The largest absolute Gasteiger partial charge is 0.325 e. The molecular formula is C21H20ClN5O3S. The Morgan fingerprint density at radius 3 is 2.48 bits per heavy atom. The van der Waals surface area contributed by atoms with Gasteiger partial charge >= 0.3 is 0 Å². The fourth-order valence-electron chi connectivity index (χ4n) is 2.66. The molecular weight excluding hydrogens is 438 g/mol. The molecule has 31 heavy (non-hydrogen) atoms. The minimum Gasteiger partial charge on any atom is -0.325 e. The number of aromatic amines is 1. The number of carbonyl (C=O) groups is 2. The summed E-state index contributed by atoms with van der Waals surface area (Å²) in [5, 5.41) is 14.3. The van der Waals surface area contributed by atoms with Crippen LogP contribution in [0.5, 0.6) is 0 Å². The number of nitrogens with one attached hydrogen (secondary N) is 3. The molecule has 0 fully saturated rings. The first kappa shape index (κ1) is 22.5. The average molecular weight is 458 g/mol. The van der Waals surface area contributed by atoms with Gasteiger partial charge in [-0.05, 0) is 30.7 Å². The lowest BCUT2D eigenvalue weighted by Gasteiger charge is -2.10. The van der Waals surface area contributed by atoms with Crippen molar-refractivity contribution in [3.05, 3.63) is 63.4 Å². The molecule has 0 unspecified atom stereocenters. The number of thioether (sulfide) groups is 1. The van der Waals surface area contributed by atoms with Gasteiger partial charge in [-0.3, -0.25) is 19.4 Å². The number of para-hydroxylation sites is 1. The summed E-state index contributed by atoms with van der Waals surface area (Å²) in [6.07, 6.45) is 0.308. The van der Waals surface area contributed by atoms with E-state index >= 15 is 0 Å². The average Bonchev–Trinajstić information content (AvgIpc) is 2.76. The second-order valence-electron chi connectivity index (χ2n) is 6.50. The topological polar surface area (TPSA) is 117 Å². The SMILES string of the molecule is CCC(=O)Nc1ccccc1-c1nnc(SCC(=O)Nc2cccc(Cl)c2C)[nH]c1=O. The zero-order valence-corrected chi connectivity index (χ0v) is 18.4. The molecule has 160 valence electrons. The molecule has 0 saturated carbocycles. The van der Waals surface area contributed by atoms with Gasteiger partial charge in [0.05, 0.1) is 11.4 Å². The quantitative estimate of drug-likeness (QED) is 0.463. The predicted octanol–water partition coefficient (Wildman–Crippen LogP) is 3.87. The number of hydrogen-bond donors (Lipinski definition) is 3. The minimum absolute atomic E-state index is 0.0268. The lowest BCUT2D eigenvalue weighted by atomic mass is 10.1. The van der Waals surface area contributed by atoms with Crippen molar-refractivity contribution in [2.75, 3.05) is 16.4 Å². The molecule has 3 aromatic rings. The Morgan fingerprint density at radius 1 is 1.03 bits per heavy atom. The summed E-state index contributed by atoms with van der Waals surface area (Å²) in [5.41, 5.74) is 1.94. The summed E-state index contributed by atoms with van der Waals surface area (Å²) in [6, 6.07) is 12.1. The highest BCUT2D eigenvalue weighted by molar-refractivity contribution is 7.99. The zero-order chi connectivity index (χ0) is 22.4. The number of carbonyl (C=O) groups excluding carboxylic acids is 2. The van der Waals surface area contributed by atoms with Crippen LogP contribution in [0.15, 0.2) is 52.4 Å². The van der Waals surface area contributed by atoms with E-state index in [0.29, 0.717) is 28.4 Å². The third-order valence-electron chi connectivity index (χ3n) is 4.34. The fraction of sp³-hybridized carbons (Fsp3) is 0.190. The Labute approximate surface area is 187 Å². The van der Waals surface area contributed by atoms with Crippen molar-refractivity contribution in [3.63, 3.8) is 0 Å². The normalized spacial score (nSPS) is 10.5. The number of amides is 2. The van der Waals surface area contributed by atoms with Crippen molar-refractivity contribution >= 4 is 46.6 Å². The summed E-state index contributed by atoms with van der Waals surface area (Å²) in [5.74, 6) is -0.418. The van der Waals surface area contributed by atoms with Crippen LogP contribution in [0.2, 0.25) is 5.02 Å². The van der Waals surface area contributed by atoms with Crippen molar-refractivity contribution in [2.24, 2.45) is 0 Å². The van der Waals surface area contributed by atoms with E-state index in [2.05, 4.69) is 25.8 Å². The summed E-state index contributed by atoms with van der Waals surface area (Å²) in [4.78, 5) is 39.2. The molecule has 0 atom stereocenters. The number of halogens is 1. The van der Waals surface area contributed by atoms with Gasteiger partial charge in [-0.25, -0.2) is 0 Å². The van der Waals surface area contributed by atoms with E-state index in [0.717, 1.165) is 17.3 Å². The van der Waals surface area contributed by atoms with E-state index in [4.69, 9.17) is 11.6 Å². The number of hydrogen-bond acceptors (Lipinski definition) is 6. The lowest BCUT2D eigenvalue weighted by molar-refractivity contribution is -0.116. The maximum absolute atomic E-state index is 12.6. The molecule has 3 rings (SSSR count). The van der Waals surface area contributed by atoms with Gasteiger partial charge in [-0.1, -0.05) is 54.6 Å². The standard InChI is InChI=1S/C21H20ClN5O3S/c1-3-17(28)24-16-9-5-4-7-13(16)19-20(30)25-21(27-26-19)31-11-18(29)23-15-10-6-8-14(22)12(15)2/h4-10H,3,11H2,1-2H3,(H,23,29)(H,24,28)(H,25,27,30). The number of aromatic nitrogens is 3. The van der Waals surface area contributed by atoms with Gasteiger partial charge in [0.25, 0.3) is 5.56 Å². The molecule has 0 aliphatic rings. The van der Waals surface area contributed by atoms with E-state index in [1.165, 1.54) is 0 Å². The smallest absolute Gasteiger partial charge is 0.278 e. The van der Waals surface area contributed by atoms with E-state index in [1.54, 1.807) is 49.4 Å². The van der Waals surface area contributed by atoms with Gasteiger partial charge in [0.2, 0.25) is 11.8 Å². The summed E-state index contributed by atoms with van der Waals surface area (Å²) in [6.45, 7) is 3.55. The Kier molecular flexibility index (Phi) is 7.43. The van der Waals surface area contributed by atoms with Gasteiger partial charge in [-0.15, -0.1) is 10.2 Å². The fourth-order valence-corrected chi connectivity index (χ4v) is 3.44. The van der Waals surface area contributed by atoms with Crippen LogP contribution in [0.4, 0.5) is 11.4 Å². The van der Waals surface area contributed by atoms with E-state index in [-0.39, 0.29) is 28.4 Å². The molecule has 2 aromatic carbocycles. The molecule has 0 radical (unpaired) electrons. The first-order valence-corrected chi connectivity index (χ1v) is 10.8. The van der Waals surface area contributed by atoms with Crippen molar-refractivity contribution in [3.8, 4) is 11.3 Å². The van der Waals surface area contributed by atoms with Gasteiger partial charge < -0.3 is 10.6 Å². The molecule has 3 N–H and O–H groups in total. The number of benzene rings is 2. The Balaban J connectivity index is 1.71. The first-order chi connectivity index (χ1) is 14.9. The van der Waals surface area contributed by atoms with Crippen molar-refractivity contribution in [1.29, 1.82) is 0 Å². The van der Waals surface area contributed by atoms with Gasteiger partial charge in [0.15, 0.2) is 10.9 Å². The van der Waals surface area contributed by atoms with E-state index < -0.39 is 5.56 Å². The molecule has 8 nitrogen and oxygen atoms in total. The maximum Gasteiger partial charge on any atom is 0.278 e. The zero-order valence-electron chi connectivity index (χ0n) is 16.9. The van der Waals surface area contributed by atoms with Gasteiger partial charge in [-0.2, -0.15) is 0 Å². The van der Waals surface area contributed by atoms with Crippen LogP contribution in [-0.2, 0) is 9.59 Å². The number of nitrogens with zero attached hydrogens (tertiary/aromatic N) is 2. The Hall–Kier alpha value is -3.17. The van der Waals surface area contributed by atoms with Crippen LogP contribution in [0.1, 0.15) is 18.9 Å². The van der Waals surface area contributed by atoms with E-state index in [9.17, 15) is 14.4 Å². The monoisotopic (exact) mass is 457 g/mol. The lowest BCUT2D eigenvalue weighted by Crippen LogP contribution is -2.18. The van der Waals surface area contributed by atoms with Crippen molar-refractivity contribution in [2.45, 2.75) is 25.4 Å². The van der Waals surface area contributed by atoms with Crippen LogP contribution >= 0.6 is 23.4 Å². The van der Waals surface area contributed by atoms with Crippen molar-refractivity contribution in [1.82, 2.24) is 15.2 Å². The third-order valence-corrected chi connectivity index (χ3v) is 5.61. The summed E-state index contributed by atoms with van der Waals surface area (Å²) < 4.78 is 0. The highest BCUT2D eigenvalue weighted by Gasteiger charge is 2.14. The van der Waals surface area contributed by atoms with Gasteiger partial charge in [0, 0.05) is 22.7 Å². The molecule has 2 amide bonds. The summed E-state index contributed by atoms with van der Waals surface area (Å²) >= 11 is 7.11. The first-order valence-electron chi connectivity index (χ1n) is 9.43. The van der Waals surface area contributed by atoms with Gasteiger partial charge in [0.1, 0.15) is 0 Å². The second kappa shape index (κ2) is 10.2. The molecule has 1 heterocycles. The third kappa shape index (κ3) is 5.71. The van der Waals surface area contributed by atoms with Crippen LogP contribution in [0.3, 0.4) is 0 Å². The summed E-state index contributed by atoms with van der Waals surface area (Å²) in [7, 11) is 0. The van der Waals surface area contributed by atoms with Crippen LogP contribution in [0.25, 0.3) is 11.3 Å². The minimum atomic E-state index is -0.471. The molecule has 0 aliphatic carbocycles. The van der Waals surface area contributed by atoms with Crippen molar-refractivity contribution < 1.29 is 9.59 Å². The second-order valence-corrected chi connectivity index (χ2v) is 7.88. The molecule has 0 bridgehead atoms. The molecule has 10 heteroatoms. The van der Waals surface area contributed by atoms with Crippen LogP contribution < -0.4 is 16.2 Å². The van der Waals surface area contributed by atoms with Crippen LogP contribution in [-0.4, -0.2) is 32.7 Å². The maximum atomic E-state index is 12.6. The predicted molar refractivity (Wildman–Crippen MR) is 123 cm³/mol. The number of anilines is 2. The van der Waals surface area contributed by atoms with E-state index in [1.807, 2.05) is 6.92 Å². The highest BCUT2D eigenvalue weighted by atomic mass is 35.5. The molecule has 0 aliphatic heterocycles. The molecule has 1 aromatic heterocycles. The number of H-pyrrole nitrogens is 1.